The smallest absolute Gasteiger partial charge is 0.265 e. The second kappa shape index (κ2) is 10.4. The van der Waals surface area contributed by atoms with Gasteiger partial charge < -0.3 is 15.2 Å². The summed E-state index contributed by atoms with van der Waals surface area (Å²) in [6, 6.07) is 22.6. The Kier molecular flexibility index (Phi) is 7.09. The Morgan fingerprint density at radius 1 is 1.00 bits per heavy atom. The van der Waals surface area contributed by atoms with Crippen LogP contribution in [0, 0.1) is 0 Å². The number of ether oxygens (including phenoxy) is 1. The van der Waals surface area contributed by atoms with E-state index in [-0.39, 0.29) is 30.3 Å². The van der Waals surface area contributed by atoms with E-state index in [0.29, 0.717) is 11.6 Å². The van der Waals surface area contributed by atoms with Gasteiger partial charge in [0.25, 0.3) is 10.0 Å². The molecule has 0 unspecified atom stereocenters. The molecule has 2 aromatic heterocycles. The topological polar surface area (TPSA) is 120 Å². The molecule has 0 amide bonds. The van der Waals surface area contributed by atoms with Gasteiger partial charge in [0.1, 0.15) is 17.4 Å². The lowest BCUT2D eigenvalue weighted by atomic mass is 10.1. The normalized spacial score (nSPS) is 11.2. The van der Waals surface area contributed by atoms with Crippen LogP contribution in [0.25, 0.3) is 11.3 Å². The number of aromatic amines is 1. The standard InChI is InChI=1S/C24H25N5O4S/c1-33-19-13-11-18(12-14-19)21-17-23(28-27-21)25-22-9-5-10-24(26-22)29(15-6-16-30)34(31,32)20-7-3-2-4-8-20/h2-5,7-14,17,30H,6,15-16H2,1H3,(H2,25,26,27,28). The first-order valence-corrected chi connectivity index (χ1v) is 12.1. The number of anilines is 3. The molecule has 10 heteroatoms. The molecule has 34 heavy (non-hydrogen) atoms. The number of nitrogens with one attached hydrogen (secondary N) is 2. The maximum atomic E-state index is 13.3. The van der Waals surface area contributed by atoms with Gasteiger partial charge in [0.05, 0.1) is 17.7 Å². The summed E-state index contributed by atoms with van der Waals surface area (Å²) >= 11 is 0. The van der Waals surface area contributed by atoms with Gasteiger partial charge in [0.15, 0.2) is 5.82 Å². The van der Waals surface area contributed by atoms with E-state index in [1.807, 2.05) is 30.3 Å². The lowest BCUT2D eigenvalue weighted by molar-refractivity contribution is 0.291. The summed E-state index contributed by atoms with van der Waals surface area (Å²) < 4.78 is 32.9. The van der Waals surface area contributed by atoms with E-state index in [9.17, 15) is 13.5 Å². The van der Waals surface area contributed by atoms with Crippen molar-refractivity contribution in [2.45, 2.75) is 11.3 Å². The molecule has 176 valence electrons. The molecule has 2 aromatic carbocycles. The van der Waals surface area contributed by atoms with Gasteiger partial charge >= 0.3 is 0 Å². The molecular formula is C24H25N5O4S. The highest BCUT2D eigenvalue weighted by molar-refractivity contribution is 7.92. The minimum atomic E-state index is -3.85. The van der Waals surface area contributed by atoms with Crippen molar-refractivity contribution < 1.29 is 18.3 Å². The van der Waals surface area contributed by atoms with Crippen LogP contribution in [0.1, 0.15) is 6.42 Å². The molecule has 0 bridgehead atoms. The third-order valence-electron chi connectivity index (χ3n) is 5.08. The van der Waals surface area contributed by atoms with Crippen LogP contribution in [-0.4, -0.2) is 49.0 Å². The highest BCUT2D eigenvalue weighted by atomic mass is 32.2. The van der Waals surface area contributed by atoms with Crippen LogP contribution in [0.3, 0.4) is 0 Å². The fraction of sp³-hybridized carbons (Fsp3) is 0.167. The number of nitrogens with zero attached hydrogens (tertiary/aromatic N) is 3. The van der Waals surface area contributed by atoms with E-state index in [4.69, 9.17) is 4.74 Å². The Morgan fingerprint density at radius 2 is 1.76 bits per heavy atom. The predicted molar refractivity (Wildman–Crippen MR) is 131 cm³/mol. The Morgan fingerprint density at radius 3 is 2.47 bits per heavy atom. The largest absolute Gasteiger partial charge is 0.497 e. The van der Waals surface area contributed by atoms with Gasteiger partial charge in [-0.15, -0.1) is 0 Å². The van der Waals surface area contributed by atoms with Crippen molar-refractivity contribution in [2.75, 3.05) is 29.9 Å². The Bertz CT molecular complexity index is 1330. The molecule has 0 atom stereocenters. The third-order valence-corrected chi connectivity index (χ3v) is 6.89. The molecule has 0 saturated carbocycles. The lowest BCUT2D eigenvalue weighted by Gasteiger charge is -2.23. The van der Waals surface area contributed by atoms with Gasteiger partial charge in [-0.3, -0.25) is 5.10 Å². The Labute approximate surface area is 198 Å². The summed E-state index contributed by atoms with van der Waals surface area (Å²) in [7, 11) is -2.24. The molecule has 4 aromatic rings. The molecule has 4 rings (SSSR count). The van der Waals surface area contributed by atoms with E-state index in [1.165, 1.54) is 16.4 Å². The van der Waals surface area contributed by atoms with Gasteiger partial charge in [-0.25, -0.2) is 17.7 Å². The molecule has 2 heterocycles. The first-order valence-electron chi connectivity index (χ1n) is 10.6. The number of sulfonamides is 1. The van der Waals surface area contributed by atoms with Crippen LogP contribution in [0.4, 0.5) is 17.5 Å². The molecule has 3 N–H and O–H groups in total. The Hall–Kier alpha value is -3.89. The predicted octanol–water partition coefficient (Wildman–Crippen LogP) is 3.80. The number of aliphatic hydroxyl groups excluding tert-OH is 1. The number of benzene rings is 2. The van der Waals surface area contributed by atoms with Crippen molar-refractivity contribution >= 4 is 27.5 Å². The van der Waals surface area contributed by atoms with E-state index in [0.717, 1.165) is 17.0 Å². The van der Waals surface area contributed by atoms with Crippen molar-refractivity contribution in [1.82, 2.24) is 15.2 Å². The Balaban J connectivity index is 1.58. The van der Waals surface area contributed by atoms with E-state index < -0.39 is 10.0 Å². The third kappa shape index (κ3) is 5.19. The maximum absolute atomic E-state index is 13.3. The van der Waals surface area contributed by atoms with Gasteiger partial charge in [0, 0.05) is 19.2 Å². The van der Waals surface area contributed by atoms with Crippen molar-refractivity contribution in [3.05, 3.63) is 78.9 Å². The minimum absolute atomic E-state index is 0.0915. The molecule has 0 aliphatic heterocycles. The van der Waals surface area contributed by atoms with Crippen LogP contribution in [-0.2, 0) is 10.0 Å². The zero-order valence-electron chi connectivity index (χ0n) is 18.5. The van der Waals surface area contributed by atoms with Crippen molar-refractivity contribution in [3.8, 4) is 17.0 Å². The molecule has 0 spiro atoms. The number of hydrogen-bond donors (Lipinski definition) is 3. The molecule has 0 saturated heterocycles. The minimum Gasteiger partial charge on any atom is -0.497 e. The second-order valence-electron chi connectivity index (χ2n) is 7.37. The number of methoxy groups -OCH3 is 1. The molecule has 0 fully saturated rings. The summed E-state index contributed by atoms with van der Waals surface area (Å²) in [4.78, 5) is 4.66. The van der Waals surface area contributed by atoms with Crippen LogP contribution in [0.5, 0.6) is 5.75 Å². The highest BCUT2D eigenvalue weighted by Gasteiger charge is 2.25. The molecule has 9 nitrogen and oxygen atoms in total. The monoisotopic (exact) mass is 479 g/mol. The van der Waals surface area contributed by atoms with Gasteiger partial charge in [-0.2, -0.15) is 5.10 Å². The van der Waals surface area contributed by atoms with Gasteiger partial charge in [-0.05, 0) is 60.5 Å². The summed E-state index contributed by atoms with van der Waals surface area (Å²) in [6.45, 7) is -0.0473. The number of pyridine rings is 1. The van der Waals surface area contributed by atoms with Crippen LogP contribution >= 0.6 is 0 Å². The molecule has 0 aliphatic rings. The summed E-state index contributed by atoms with van der Waals surface area (Å²) in [6.07, 6.45) is 0.274. The first kappa shape index (κ1) is 23.3. The summed E-state index contributed by atoms with van der Waals surface area (Å²) in [5.74, 6) is 1.97. The van der Waals surface area contributed by atoms with Crippen molar-refractivity contribution in [3.63, 3.8) is 0 Å². The fourth-order valence-corrected chi connectivity index (χ4v) is 4.83. The van der Waals surface area contributed by atoms with Gasteiger partial charge in [0.2, 0.25) is 0 Å². The summed E-state index contributed by atoms with van der Waals surface area (Å²) in [5, 5.41) is 19.7. The van der Waals surface area contributed by atoms with Crippen molar-refractivity contribution in [1.29, 1.82) is 0 Å². The number of H-pyrrole nitrogens is 1. The summed E-state index contributed by atoms with van der Waals surface area (Å²) in [5.41, 5.74) is 1.74. The second-order valence-corrected chi connectivity index (χ2v) is 9.23. The lowest BCUT2D eigenvalue weighted by Crippen LogP contribution is -2.33. The zero-order valence-corrected chi connectivity index (χ0v) is 19.4. The molecular weight excluding hydrogens is 454 g/mol. The maximum Gasteiger partial charge on any atom is 0.265 e. The van der Waals surface area contributed by atoms with Crippen LogP contribution < -0.4 is 14.4 Å². The van der Waals surface area contributed by atoms with Crippen LogP contribution in [0.15, 0.2) is 83.8 Å². The molecule has 0 radical (unpaired) electrons. The fourth-order valence-electron chi connectivity index (χ4n) is 3.36. The first-order chi connectivity index (χ1) is 16.5. The number of aliphatic hydroxyl groups is 1. The highest BCUT2D eigenvalue weighted by Crippen LogP contribution is 2.26. The van der Waals surface area contributed by atoms with Crippen LogP contribution in [0.2, 0.25) is 0 Å². The van der Waals surface area contributed by atoms with Crippen molar-refractivity contribution in [2.24, 2.45) is 0 Å². The van der Waals surface area contributed by atoms with Gasteiger partial charge in [-0.1, -0.05) is 24.3 Å². The average Bonchev–Trinajstić information content (AvgIpc) is 3.33. The van der Waals surface area contributed by atoms with E-state index in [2.05, 4.69) is 20.5 Å². The average molecular weight is 480 g/mol. The number of aromatic nitrogens is 3. The number of rotatable bonds is 10. The van der Waals surface area contributed by atoms with E-state index in [1.54, 1.807) is 43.5 Å². The SMILES string of the molecule is COc1ccc(-c2cc(Nc3cccc(N(CCCO)S(=O)(=O)c4ccccc4)n3)n[nH]2)cc1. The quantitative estimate of drug-likeness (QED) is 0.316. The molecule has 0 aliphatic carbocycles. The number of hydrogen-bond acceptors (Lipinski definition) is 7. The zero-order chi connectivity index (χ0) is 24.0. The van der Waals surface area contributed by atoms with E-state index >= 15 is 0 Å².